The second-order valence-corrected chi connectivity index (χ2v) is 2.93. The van der Waals surface area contributed by atoms with E-state index in [1.165, 1.54) is 6.08 Å². The van der Waals surface area contributed by atoms with Gasteiger partial charge in [-0.2, -0.15) is 0 Å². The Kier molecular flexibility index (Phi) is 7.30. The zero-order valence-corrected chi connectivity index (χ0v) is 8.32. The topological polar surface area (TPSA) is 46.5 Å². The predicted molar refractivity (Wildman–Crippen MR) is 51.3 cm³/mol. The minimum Gasteiger partial charge on any atom is -0.460 e. The number of hydrogen-bond acceptors (Lipinski definition) is 3. The van der Waals surface area contributed by atoms with Crippen molar-refractivity contribution in [1.29, 1.82) is 0 Å². The molecule has 3 nitrogen and oxygen atoms in total. The molecule has 0 aromatic heterocycles. The van der Waals surface area contributed by atoms with E-state index in [4.69, 9.17) is 4.74 Å². The van der Waals surface area contributed by atoms with Crippen LogP contribution in [0, 0.1) is 0 Å². The fourth-order valence-corrected chi connectivity index (χ4v) is 0.886. The Morgan fingerprint density at radius 3 is 2.85 bits per heavy atom. The standard InChI is InChI=1S/C10H18O3/c1-3-5-7-9(11)8-13-10(12)6-4-2/h4,6,9,11H,3,5,7-8H2,1-2H3. The van der Waals surface area contributed by atoms with Gasteiger partial charge in [0.1, 0.15) is 6.61 Å². The van der Waals surface area contributed by atoms with Crippen LogP contribution >= 0.6 is 0 Å². The molecule has 0 spiro atoms. The molecular weight excluding hydrogens is 168 g/mol. The Bertz CT molecular complexity index is 164. The molecule has 3 heteroatoms. The second kappa shape index (κ2) is 7.80. The van der Waals surface area contributed by atoms with Crippen LogP contribution in [0.3, 0.4) is 0 Å². The van der Waals surface area contributed by atoms with E-state index in [1.807, 2.05) is 0 Å². The number of aliphatic hydroxyl groups is 1. The van der Waals surface area contributed by atoms with Gasteiger partial charge in [0.05, 0.1) is 6.10 Å². The number of carbonyl (C=O) groups excluding carboxylic acids is 1. The highest BCUT2D eigenvalue weighted by Crippen LogP contribution is 2.00. The maximum Gasteiger partial charge on any atom is 0.330 e. The van der Waals surface area contributed by atoms with Crippen molar-refractivity contribution in [3.63, 3.8) is 0 Å². The van der Waals surface area contributed by atoms with E-state index in [-0.39, 0.29) is 6.61 Å². The summed E-state index contributed by atoms with van der Waals surface area (Å²) < 4.78 is 4.77. The molecule has 0 amide bonds. The van der Waals surface area contributed by atoms with Gasteiger partial charge in [-0.1, -0.05) is 25.8 Å². The Hall–Kier alpha value is -0.830. The molecule has 0 fully saturated rings. The number of ether oxygens (including phenoxy) is 1. The monoisotopic (exact) mass is 186 g/mol. The van der Waals surface area contributed by atoms with Crippen LogP contribution in [0.5, 0.6) is 0 Å². The van der Waals surface area contributed by atoms with Crippen molar-refractivity contribution in [3.8, 4) is 0 Å². The van der Waals surface area contributed by atoms with Gasteiger partial charge < -0.3 is 9.84 Å². The molecule has 0 aromatic rings. The summed E-state index contributed by atoms with van der Waals surface area (Å²) in [5.74, 6) is -0.391. The fourth-order valence-electron chi connectivity index (χ4n) is 0.886. The first-order chi connectivity index (χ1) is 6.20. The minimum atomic E-state index is -0.519. The zero-order valence-electron chi connectivity index (χ0n) is 8.32. The highest BCUT2D eigenvalue weighted by Gasteiger charge is 2.05. The van der Waals surface area contributed by atoms with Crippen molar-refractivity contribution < 1.29 is 14.6 Å². The summed E-state index contributed by atoms with van der Waals surface area (Å²) in [5, 5.41) is 9.30. The molecule has 0 saturated carbocycles. The summed E-state index contributed by atoms with van der Waals surface area (Å²) in [6, 6.07) is 0. The van der Waals surface area contributed by atoms with Crippen molar-refractivity contribution in [3.05, 3.63) is 12.2 Å². The number of unbranched alkanes of at least 4 members (excludes halogenated alkanes) is 1. The van der Waals surface area contributed by atoms with Crippen LogP contribution in [0.1, 0.15) is 33.1 Å². The van der Waals surface area contributed by atoms with E-state index < -0.39 is 12.1 Å². The van der Waals surface area contributed by atoms with E-state index >= 15 is 0 Å². The third-order valence-electron chi connectivity index (χ3n) is 1.61. The Morgan fingerprint density at radius 2 is 2.31 bits per heavy atom. The summed E-state index contributed by atoms with van der Waals surface area (Å²) in [6.45, 7) is 3.90. The highest BCUT2D eigenvalue weighted by atomic mass is 16.5. The number of hydrogen-bond donors (Lipinski definition) is 1. The van der Waals surface area contributed by atoms with Gasteiger partial charge in [-0.15, -0.1) is 0 Å². The summed E-state index contributed by atoms with van der Waals surface area (Å²) in [4.78, 5) is 10.8. The molecule has 0 aliphatic heterocycles. The van der Waals surface area contributed by atoms with Gasteiger partial charge in [0.2, 0.25) is 0 Å². The summed E-state index contributed by atoms with van der Waals surface area (Å²) in [7, 11) is 0. The van der Waals surface area contributed by atoms with Crippen LogP contribution in [0.2, 0.25) is 0 Å². The Labute approximate surface area is 79.4 Å². The lowest BCUT2D eigenvalue weighted by Gasteiger charge is -2.08. The number of carbonyl (C=O) groups is 1. The third kappa shape index (κ3) is 7.53. The van der Waals surface area contributed by atoms with Crippen molar-refractivity contribution in [1.82, 2.24) is 0 Å². The SMILES string of the molecule is CC=CC(=O)OCC(O)CCCC. The molecule has 0 radical (unpaired) electrons. The number of allylic oxidation sites excluding steroid dienone is 1. The first-order valence-corrected chi connectivity index (χ1v) is 4.68. The summed E-state index contributed by atoms with van der Waals surface area (Å²) in [5.41, 5.74) is 0. The summed E-state index contributed by atoms with van der Waals surface area (Å²) >= 11 is 0. The predicted octanol–water partition coefficient (Wildman–Crippen LogP) is 1.66. The molecule has 0 heterocycles. The maximum absolute atomic E-state index is 10.8. The van der Waals surface area contributed by atoms with Gasteiger partial charge in [0.25, 0.3) is 0 Å². The number of rotatable bonds is 6. The van der Waals surface area contributed by atoms with E-state index in [9.17, 15) is 9.90 Å². The van der Waals surface area contributed by atoms with Gasteiger partial charge >= 0.3 is 5.97 Å². The van der Waals surface area contributed by atoms with E-state index in [0.717, 1.165) is 12.8 Å². The zero-order chi connectivity index (χ0) is 10.1. The molecule has 0 aromatic carbocycles. The molecule has 0 bridgehead atoms. The largest absolute Gasteiger partial charge is 0.460 e. The lowest BCUT2D eigenvalue weighted by Crippen LogP contribution is -2.17. The van der Waals surface area contributed by atoms with E-state index in [0.29, 0.717) is 6.42 Å². The maximum atomic E-state index is 10.8. The average Bonchev–Trinajstić information content (AvgIpc) is 2.12. The molecule has 13 heavy (non-hydrogen) atoms. The number of esters is 1. The third-order valence-corrected chi connectivity index (χ3v) is 1.61. The van der Waals surface area contributed by atoms with Gasteiger partial charge in [-0.25, -0.2) is 4.79 Å². The first-order valence-electron chi connectivity index (χ1n) is 4.68. The van der Waals surface area contributed by atoms with Crippen molar-refractivity contribution in [2.24, 2.45) is 0 Å². The smallest absolute Gasteiger partial charge is 0.330 e. The molecule has 76 valence electrons. The second-order valence-electron chi connectivity index (χ2n) is 2.93. The van der Waals surface area contributed by atoms with Gasteiger partial charge in [-0.05, 0) is 13.3 Å². The van der Waals surface area contributed by atoms with Crippen LogP contribution in [0.25, 0.3) is 0 Å². The van der Waals surface area contributed by atoms with Crippen LogP contribution < -0.4 is 0 Å². The van der Waals surface area contributed by atoms with Crippen LogP contribution in [0.15, 0.2) is 12.2 Å². The normalized spacial score (nSPS) is 13.2. The molecule has 0 aliphatic rings. The molecular formula is C10H18O3. The lowest BCUT2D eigenvalue weighted by molar-refractivity contribution is -0.140. The molecule has 0 aliphatic carbocycles. The fraction of sp³-hybridized carbons (Fsp3) is 0.700. The Balaban J connectivity index is 3.45. The molecule has 0 saturated heterocycles. The van der Waals surface area contributed by atoms with E-state index in [2.05, 4.69) is 6.92 Å². The number of aliphatic hydroxyl groups excluding tert-OH is 1. The summed E-state index contributed by atoms with van der Waals surface area (Å²) in [6.07, 6.45) is 5.13. The van der Waals surface area contributed by atoms with Crippen LogP contribution in [-0.4, -0.2) is 23.8 Å². The molecule has 1 unspecified atom stereocenters. The van der Waals surface area contributed by atoms with Gasteiger partial charge in [-0.3, -0.25) is 0 Å². The van der Waals surface area contributed by atoms with Gasteiger partial charge in [0.15, 0.2) is 0 Å². The average molecular weight is 186 g/mol. The molecule has 1 N–H and O–H groups in total. The van der Waals surface area contributed by atoms with Crippen molar-refractivity contribution in [2.45, 2.75) is 39.2 Å². The van der Waals surface area contributed by atoms with E-state index in [1.54, 1.807) is 13.0 Å². The van der Waals surface area contributed by atoms with Crippen LogP contribution in [-0.2, 0) is 9.53 Å². The Morgan fingerprint density at radius 1 is 1.62 bits per heavy atom. The quantitative estimate of drug-likeness (QED) is 0.507. The molecule has 1 atom stereocenters. The van der Waals surface area contributed by atoms with Crippen molar-refractivity contribution >= 4 is 5.97 Å². The minimum absolute atomic E-state index is 0.100. The van der Waals surface area contributed by atoms with Crippen molar-refractivity contribution in [2.75, 3.05) is 6.61 Å². The highest BCUT2D eigenvalue weighted by molar-refractivity contribution is 5.81. The molecule has 0 rings (SSSR count). The lowest BCUT2D eigenvalue weighted by atomic mass is 10.2. The first kappa shape index (κ1) is 12.2. The van der Waals surface area contributed by atoms with Gasteiger partial charge in [0, 0.05) is 6.08 Å². The van der Waals surface area contributed by atoms with Crippen LogP contribution in [0.4, 0.5) is 0 Å².